The standard InChI is InChI=1S/C26H28N2O6/c29-23(30)14-16-6-5-12-28(16)25(31)24-22(11-13-33-24)27-26(32)34-15-21-19-9-3-1-7-17(19)18-8-2-4-10-20(18)21/h1-4,7-10,16,21-22,24H,5-6,11-15H2,(H,27,32)(H,29,30)/t16-,22-,24+/m1/s1. The highest BCUT2D eigenvalue weighted by atomic mass is 16.6. The number of amides is 2. The van der Waals surface area contributed by atoms with Gasteiger partial charge in [0.15, 0.2) is 6.10 Å². The molecule has 2 amide bonds. The molecule has 2 aliphatic heterocycles. The highest BCUT2D eigenvalue weighted by Gasteiger charge is 2.42. The Balaban J connectivity index is 1.21. The zero-order valence-electron chi connectivity index (χ0n) is 18.8. The molecule has 2 heterocycles. The Kier molecular flexibility index (Phi) is 6.24. The van der Waals surface area contributed by atoms with E-state index in [2.05, 4.69) is 29.6 Å². The van der Waals surface area contributed by atoms with Gasteiger partial charge in [-0.1, -0.05) is 48.5 Å². The number of benzene rings is 2. The summed E-state index contributed by atoms with van der Waals surface area (Å²) in [6.07, 6.45) is 0.436. The second-order valence-electron chi connectivity index (χ2n) is 9.08. The number of rotatable bonds is 6. The van der Waals surface area contributed by atoms with E-state index in [0.29, 0.717) is 26.0 Å². The Morgan fingerprint density at radius 1 is 1.03 bits per heavy atom. The van der Waals surface area contributed by atoms with Crippen LogP contribution in [0.1, 0.15) is 42.7 Å². The van der Waals surface area contributed by atoms with Gasteiger partial charge in [-0.25, -0.2) is 4.79 Å². The van der Waals surface area contributed by atoms with Gasteiger partial charge in [-0.2, -0.15) is 0 Å². The van der Waals surface area contributed by atoms with E-state index in [1.54, 1.807) is 4.90 Å². The maximum Gasteiger partial charge on any atom is 0.407 e. The molecule has 5 rings (SSSR count). The van der Waals surface area contributed by atoms with E-state index in [1.165, 1.54) is 0 Å². The first-order chi connectivity index (χ1) is 16.5. The summed E-state index contributed by atoms with van der Waals surface area (Å²) in [6.45, 7) is 1.05. The Labute approximate surface area is 197 Å². The zero-order valence-corrected chi connectivity index (χ0v) is 18.8. The Bertz CT molecular complexity index is 1060. The lowest BCUT2D eigenvalue weighted by atomic mass is 9.98. The molecule has 3 atom stereocenters. The number of fused-ring (bicyclic) bond motifs is 3. The Hall–Kier alpha value is -3.39. The number of aliphatic carboxylic acids is 1. The van der Waals surface area contributed by atoms with Crippen LogP contribution in [0.3, 0.4) is 0 Å². The first-order valence-electron chi connectivity index (χ1n) is 11.8. The molecule has 0 aromatic heterocycles. The first kappa shape index (κ1) is 22.4. The molecule has 2 aromatic carbocycles. The van der Waals surface area contributed by atoms with Crippen LogP contribution in [0.5, 0.6) is 0 Å². The van der Waals surface area contributed by atoms with Crippen LogP contribution in [-0.2, 0) is 19.1 Å². The van der Waals surface area contributed by atoms with Gasteiger partial charge in [0, 0.05) is 25.1 Å². The van der Waals surface area contributed by atoms with E-state index in [1.807, 2.05) is 24.3 Å². The third kappa shape index (κ3) is 4.25. The van der Waals surface area contributed by atoms with Gasteiger partial charge in [0.1, 0.15) is 6.61 Å². The number of hydrogen-bond acceptors (Lipinski definition) is 5. The number of ether oxygens (including phenoxy) is 2. The van der Waals surface area contributed by atoms with Crippen molar-refractivity contribution in [1.82, 2.24) is 10.2 Å². The van der Waals surface area contributed by atoms with E-state index in [-0.39, 0.29) is 30.9 Å². The molecular formula is C26H28N2O6. The molecular weight excluding hydrogens is 436 g/mol. The fraction of sp³-hybridized carbons (Fsp3) is 0.423. The molecule has 0 spiro atoms. The summed E-state index contributed by atoms with van der Waals surface area (Å²) in [5, 5.41) is 11.9. The third-order valence-corrected chi connectivity index (χ3v) is 7.05. The molecule has 8 heteroatoms. The van der Waals surface area contributed by atoms with E-state index in [0.717, 1.165) is 28.7 Å². The van der Waals surface area contributed by atoms with Gasteiger partial charge in [0.25, 0.3) is 5.91 Å². The number of likely N-dealkylation sites (tertiary alicyclic amines) is 1. The second-order valence-corrected chi connectivity index (χ2v) is 9.08. The smallest absolute Gasteiger partial charge is 0.407 e. The van der Waals surface area contributed by atoms with Crippen LogP contribution in [0.2, 0.25) is 0 Å². The van der Waals surface area contributed by atoms with Crippen molar-refractivity contribution in [2.45, 2.75) is 49.8 Å². The van der Waals surface area contributed by atoms with E-state index >= 15 is 0 Å². The highest BCUT2D eigenvalue weighted by Crippen LogP contribution is 2.44. The molecule has 3 aliphatic rings. The van der Waals surface area contributed by atoms with Crippen molar-refractivity contribution in [1.29, 1.82) is 0 Å². The quantitative estimate of drug-likeness (QED) is 0.681. The Morgan fingerprint density at radius 2 is 1.71 bits per heavy atom. The summed E-state index contributed by atoms with van der Waals surface area (Å²) in [6, 6.07) is 15.4. The SMILES string of the molecule is O=C(O)C[C@H]1CCCN1C(=O)[C@H]1OCC[C@H]1NC(=O)OCC1c2ccccc2-c2ccccc21. The Morgan fingerprint density at radius 3 is 2.38 bits per heavy atom. The van der Waals surface area contributed by atoms with Gasteiger partial charge < -0.3 is 24.8 Å². The number of carbonyl (C=O) groups is 3. The maximum absolute atomic E-state index is 13.1. The summed E-state index contributed by atoms with van der Waals surface area (Å²) >= 11 is 0. The average Bonchev–Trinajstić information content (AvgIpc) is 3.55. The van der Waals surface area contributed by atoms with Gasteiger partial charge >= 0.3 is 12.1 Å². The molecule has 0 bridgehead atoms. The molecule has 2 N–H and O–H groups in total. The largest absolute Gasteiger partial charge is 0.481 e. The number of nitrogens with zero attached hydrogens (tertiary/aromatic N) is 1. The van der Waals surface area contributed by atoms with Crippen LogP contribution in [0.15, 0.2) is 48.5 Å². The van der Waals surface area contributed by atoms with Gasteiger partial charge in [0.2, 0.25) is 0 Å². The lowest BCUT2D eigenvalue weighted by molar-refractivity contribution is -0.145. The number of hydrogen-bond donors (Lipinski definition) is 2. The minimum absolute atomic E-state index is 0.0446. The van der Waals surface area contributed by atoms with Crippen LogP contribution < -0.4 is 5.32 Å². The highest BCUT2D eigenvalue weighted by molar-refractivity contribution is 5.84. The zero-order chi connectivity index (χ0) is 23.7. The number of nitrogens with one attached hydrogen (secondary N) is 1. The number of carboxylic acids is 1. The number of carboxylic acid groups (broad SMARTS) is 1. The maximum atomic E-state index is 13.1. The van der Waals surface area contributed by atoms with Crippen LogP contribution in [0, 0.1) is 0 Å². The molecule has 34 heavy (non-hydrogen) atoms. The minimum atomic E-state index is -0.926. The summed E-state index contributed by atoms with van der Waals surface area (Å²) in [5.41, 5.74) is 4.58. The molecule has 178 valence electrons. The molecule has 2 fully saturated rings. The van der Waals surface area contributed by atoms with Gasteiger partial charge in [-0.05, 0) is 41.5 Å². The van der Waals surface area contributed by atoms with Gasteiger partial charge in [-0.3, -0.25) is 9.59 Å². The summed E-state index contributed by atoms with van der Waals surface area (Å²) in [5.74, 6) is -1.23. The molecule has 0 radical (unpaired) electrons. The fourth-order valence-corrected chi connectivity index (χ4v) is 5.48. The van der Waals surface area contributed by atoms with Crippen molar-refractivity contribution in [2.24, 2.45) is 0 Å². The van der Waals surface area contributed by atoms with Gasteiger partial charge in [-0.15, -0.1) is 0 Å². The van der Waals surface area contributed by atoms with E-state index in [4.69, 9.17) is 14.6 Å². The molecule has 2 aromatic rings. The van der Waals surface area contributed by atoms with Crippen molar-refractivity contribution in [3.63, 3.8) is 0 Å². The molecule has 8 nitrogen and oxygen atoms in total. The van der Waals surface area contributed by atoms with Crippen LogP contribution in [-0.4, -0.2) is 65.9 Å². The second kappa shape index (κ2) is 9.46. The normalized spacial score (nSPS) is 23.4. The van der Waals surface area contributed by atoms with E-state index in [9.17, 15) is 14.4 Å². The molecule has 2 saturated heterocycles. The lowest BCUT2D eigenvalue weighted by Gasteiger charge is -2.28. The topological polar surface area (TPSA) is 105 Å². The summed E-state index contributed by atoms with van der Waals surface area (Å²) in [4.78, 5) is 38.5. The van der Waals surface area contributed by atoms with Crippen molar-refractivity contribution >= 4 is 18.0 Å². The molecule has 1 aliphatic carbocycles. The average molecular weight is 465 g/mol. The van der Waals surface area contributed by atoms with Crippen molar-refractivity contribution in [3.05, 3.63) is 59.7 Å². The fourth-order valence-electron chi connectivity index (χ4n) is 5.48. The predicted molar refractivity (Wildman–Crippen MR) is 123 cm³/mol. The van der Waals surface area contributed by atoms with Crippen molar-refractivity contribution < 1.29 is 29.0 Å². The van der Waals surface area contributed by atoms with Crippen molar-refractivity contribution in [3.8, 4) is 11.1 Å². The molecule has 0 unspecified atom stereocenters. The third-order valence-electron chi connectivity index (χ3n) is 7.05. The monoisotopic (exact) mass is 464 g/mol. The van der Waals surface area contributed by atoms with Crippen molar-refractivity contribution in [2.75, 3.05) is 19.8 Å². The summed E-state index contributed by atoms with van der Waals surface area (Å²) in [7, 11) is 0. The van der Waals surface area contributed by atoms with Crippen LogP contribution in [0.25, 0.3) is 11.1 Å². The number of carbonyl (C=O) groups excluding carboxylic acids is 2. The van der Waals surface area contributed by atoms with Crippen LogP contribution >= 0.6 is 0 Å². The lowest BCUT2D eigenvalue weighted by Crippen LogP contribution is -2.51. The molecule has 0 saturated carbocycles. The first-order valence-corrected chi connectivity index (χ1v) is 11.8. The summed E-state index contributed by atoms with van der Waals surface area (Å²) < 4.78 is 11.3. The predicted octanol–water partition coefficient (Wildman–Crippen LogP) is 3.15. The van der Waals surface area contributed by atoms with Gasteiger partial charge in [0.05, 0.1) is 12.5 Å². The minimum Gasteiger partial charge on any atom is -0.481 e. The number of alkyl carbamates (subject to hydrolysis) is 1. The van der Waals surface area contributed by atoms with E-state index < -0.39 is 24.2 Å². The van der Waals surface area contributed by atoms with Crippen LogP contribution in [0.4, 0.5) is 4.79 Å².